The molecule has 1 saturated heterocycles. The van der Waals surface area contributed by atoms with Crippen molar-refractivity contribution in [2.45, 2.75) is 32.9 Å². The van der Waals surface area contributed by atoms with Crippen LogP contribution in [0.1, 0.15) is 50.7 Å². The first-order valence-electron chi connectivity index (χ1n) is 11.9. The monoisotopic (exact) mass is 514 g/mol. The number of carbonyl (C=O) groups is 1. The average molecular weight is 515 g/mol. The van der Waals surface area contributed by atoms with E-state index in [1.54, 1.807) is 25.3 Å². The van der Waals surface area contributed by atoms with Crippen LogP contribution in [0, 0.1) is 26.6 Å². The normalized spacial score (nSPS) is 17.1. The van der Waals surface area contributed by atoms with Gasteiger partial charge in [0.25, 0.3) is 0 Å². The molecule has 0 aliphatic carbocycles. The molecule has 0 saturated carbocycles. The number of hydrogen-bond acceptors (Lipinski definition) is 4. The Morgan fingerprint density at radius 2 is 1.84 bits per heavy atom. The predicted molar refractivity (Wildman–Crippen MR) is 146 cm³/mol. The van der Waals surface area contributed by atoms with Gasteiger partial charge in [-0.15, -0.1) is 0 Å². The molecule has 1 fully saturated rings. The van der Waals surface area contributed by atoms with Gasteiger partial charge in [0.05, 0.1) is 30.5 Å². The van der Waals surface area contributed by atoms with Crippen LogP contribution < -0.4 is 10.2 Å². The number of anilines is 1. The van der Waals surface area contributed by atoms with Crippen LogP contribution in [0.5, 0.6) is 0 Å². The summed E-state index contributed by atoms with van der Waals surface area (Å²) in [5, 5.41) is 4.00. The summed E-state index contributed by atoms with van der Waals surface area (Å²) in [7, 11) is 1.37. The van der Waals surface area contributed by atoms with E-state index in [2.05, 4.69) is 27.9 Å². The van der Waals surface area contributed by atoms with Crippen molar-refractivity contribution in [3.63, 3.8) is 0 Å². The van der Waals surface area contributed by atoms with Crippen molar-refractivity contribution in [2.75, 3.05) is 12.0 Å². The predicted octanol–water partition coefficient (Wildman–Crippen LogP) is 5.90. The molecule has 1 aliphatic rings. The van der Waals surface area contributed by atoms with E-state index in [0.717, 1.165) is 34.0 Å². The van der Waals surface area contributed by atoms with Gasteiger partial charge in [0.1, 0.15) is 5.82 Å². The standard InChI is InChI=1S/C29H27FN4O2S/c1-17-14-22(11-12-24(17)30)34-27(26(32-29(34)37)25-10-5-6-13-31-25)23-15-18(2)33(19(23)3)21-9-7-8-20(16-21)28(35)36-4/h5-16,26-27H,1-4H3,(H,32,37)/t26-,27+/m0/s1. The van der Waals surface area contributed by atoms with Gasteiger partial charge in [-0.05, 0) is 98.7 Å². The van der Waals surface area contributed by atoms with Gasteiger partial charge in [0.15, 0.2) is 5.11 Å². The molecule has 188 valence electrons. The summed E-state index contributed by atoms with van der Waals surface area (Å²) in [6.07, 6.45) is 1.77. The topological polar surface area (TPSA) is 59.4 Å². The molecule has 0 radical (unpaired) electrons. The molecule has 0 bridgehead atoms. The molecule has 0 amide bonds. The van der Waals surface area contributed by atoms with Gasteiger partial charge in [-0.25, -0.2) is 9.18 Å². The third-order valence-corrected chi connectivity index (χ3v) is 7.15. The molecule has 1 aliphatic heterocycles. The van der Waals surface area contributed by atoms with Gasteiger partial charge >= 0.3 is 5.97 Å². The van der Waals surface area contributed by atoms with Crippen molar-refractivity contribution in [2.24, 2.45) is 0 Å². The highest BCUT2D eigenvalue weighted by Gasteiger charge is 2.42. The summed E-state index contributed by atoms with van der Waals surface area (Å²) in [6.45, 7) is 5.83. The second kappa shape index (κ2) is 9.78. The van der Waals surface area contributed by atoms with Gasteiger partial charge in [-0.3, -0.25) is 4.98 Å². The largest absolute Gasteiger partial charge is 0.465 e. The highest BCUT2D eigenvalue weighted by molar-refractivity contribution is 7.80. The first kappa shape index (κ1) is 24.6. The fourth-order valence-corrected chi connectivity index (χ4v) is 5.45. The van der Waals surface area contributed by atoms with E-state index >= 15 is 0 Å². The Labute approximate surface area is 220 Å². The average Bonchev–Trinajstić information content (AvgIpc) is 3.40. The summed E-state index contributed by atoms with van der Waals surface area (Å²) in [5.41, 5.74) is 6.59. The molecule has 37 heavy (non-hydrogen) atoms. The number of carbonyl (C=O) groups excluding carboxylic acids is 1. The van der Waals surface area contributed by atoms with Crippen LogP contribution in [-0.4, -0.2) is 27.7 Å². The van der Waals surface area contributed by atoms with E-state index < -0.39 is 0 Å². The molecule has 3 heterocycles. The minimum atomic E-state index is -0.386. The Morgan fingerprint density at radius 3 is 2.54 bits per heavy atom. The van der Waals surface area contributed by atoms with Crippen LogP contribution >= 0.6 is 12.2 Å². The summed E-state index contributed by atoms with van der Waals surface area (Å²) < 4.78 is 21.2. The van der Waals surface area contributed by atoms with Crippen LogP contribution in [0.15, 0.2) is 72.9 Å². The van der Waals surface area contributed by atoms with Crippen molar-refractivity contribution in [1.82, 2.24) is 14.9 Å². The molecule has 4 aromatic rings. The minimum absolute atomic E-state index is 0.227. The summed E-state index contributed by atoms with van der Waals surface area (Å²) in [6, 6.07) is 19.9. The third kappa shape index (κ3) is 4.38. The molecule has 6 nitrogen and oxygen atoms in total. The molecule has 0 unspecified atom stereocenters. The molecule has 0 spiro atoms. The molecule has 2 atom stereocenters. The van der Waals surface area contributed by atoms with Crippen LogP contribution in [-0.2, 0) is 4.74 Å². The molecular formula is C29H27FN4O2S. The Bertz CT molecular complexity index is 1500. The van der Waals surface area contributed by atoms with E-state index in [-0.39, 0.29) is 23.9 Å². The maximum absolute atomic E-state index is 14.2. The summed E-state index contributed by atoms with van der Waals surface area (Å²) >= 11 is 5.82. The maximum Gasteiger partial charge on any atom is 0.337 e. The number of aryl methyl sites for hydroxylation is 2. The zero-order valence-corrected chi connectivity index (χ0v) is 21.8. The Hall–Kier alpha value is -4.04. The number of methoxy groups -OCH3 is 1. The maximum atomic E-state index is 14.2. The molecule has 2 aromatic heterocycles. The molecule has 2 aromatic carbocycles. The number of pyridine rings is 1. The number of nitrogens with zero attached hydrogens (tertiary/aromatic N) is 3. The lowest BCUT2D eigenvalue weighted by atomic mass is 9.96. The number of esters is 1. The molecule has 5 rings (SSSR count). The smallest absolute Gasteiger partial charge is 0.337 e. The first-order valence-corrected chi connectivity index (χ1v) is 12.4. The van der Waals surface area contributed by atoms with Gasteiger partial charge in [0.2, 0.25) is 0 Å². The number of aromatic nitrogens is 2. The van der Waals surface area contributed by atoms with E-state index in [1.165, 1.54) is 13.2 Å². The molecule has 1 N–H and O–H groups in total. The molecular weight excluding hydrogens is 487 g/mol. The van der Waals surface area contributed by atoms with Crippen molar-refractivity contribution < 1.29 is 13.9 Å². The number of rotatable bonds is 5. The van der Waals surface area contributed by atoms with Crippen LogP contribution in [0.4, 0.5) is 10.1 Å². The Kier molecular flexibility index (Phi) is 6.52. The second-order valence-corrected chi connectivity index (χ2v) is 9.52. The number of nitrogens with one attached hydrogen (secondary N) is 1. The quantitative estimate of drug-likeness (QED) is 0.264. The van der Waals surface area contributed by atoms with Crippen LogP contribution in [0.2, 0.25) is 0 Å². The van der Waals surface area contributed by atoms with E-state index in [4.69, 9.17) is 17.0 Å². The van der Waals surface area contributed by atoms with Crippen molar-refractivity contribution >= 4 is 29.0 Å². The molecule has 8 heteroatoms. The van der Waals surface area contributed by atoms with E-state index in [0.29, 0.717) is 16.2 Å². The first-order chi connectivity index (χ1) is 17.8. The van der Waals surface area contributed by atoms with Crippen LogP contribution in [0.3, 0.4) is 0 Å². The fraction of sp³-hybridized carbons (Fsp3) is 0.207. The third-order valence-electron chi connectivity index (χ3n) is 6.83. The number of benzene rings is 2. The SMILES string of the molecule is COC(=O)c1cccc(-n2c(C)cc([C@@H]3[C@H](c4ccccn4)NC(=S)N3c3ccc(F)c(C)c3)c2C)c1. The fourth-order valence-electron chi connectivity index (χ4n) is 5.10. The summed E-state index contributed by atoms with van der Waals surface area (Å²) in [5.74, 6) is -0.647. The Balaban J connectivity index is 1.67. The highest BCUT2D eigenvalue weighted by atomic mass is 32.1. The Morgan fingerprint density at radius 1 is 1.03 bits per heavy atom. The van der Waals surface area contributed by atoms with Gasteiger partial charge in [-0.2, -0.15) is 0 Å². The summed E-state index contributed by atoms with van der Waals surface area (Å²) in [4.78, 5) is 18.8. The van der Waals surface area contributed by atoms with Crippen LogP contribution in [0.25, 0.3) is 5.69 Å². The lowest BCUT2D eigenvalue weighted by molar-refractivity contribution is 0.0600. The number of hydrogen-bond donors (Lipinski definition) is 1. The van der Waals surface area contributed by atoms with E-state index in [9.17, 15) is 9.18 Å². The van der Waals surface area contributed by atoms with Crippen molar-refractivity contribution in [3.8, 4) is 5.69 Å². The number of halogens is 1. The second-order valence-electron chi connectivity index (χ2n) is 9.13. The number of ether oxygens (including phenoxy) is 1. The van der Waals surface area contributed by atoms with Gasteiger partial charge in [-0.1, -0.05) is 12.1 Å². The van der Waals surface area contributed by atoms with Gasteiger partial charge in [0, 0.05) is 29.0 Å². The zero-order chi connectivity index (χ0) is 26.3. The zero-order valence-electron chi connectivity index (χ0n) is 21.0. The highest BCUT2D eigenvalue weighted by Crippen LogP contribution is 2.44. The minimum Gasteiger partial charge on any atom is -0.465 e. The van der Waals surface area contributed by atoms with E-state index in [1.807, 2.05) is 54.3 Å². The lowest BCUT2D eigenvalue weighted by Gasteiger charge is -2.28. The lowest BCUT2D eigenvalue weighted by Crippen LogP contribution is -2.29. The number of thiocarbonyl (C=S) groups is 1. The van der Waals surface area contributed by atoms with Crippen molar-refractivity contribution in [3.05, 3.63) is 113 Å². The van der Waals surface area contributed by atoms with Gasteiger partial charge < -0.3 is 19.5 Å². The van der Waals surface area contributed by atoms with Crippen molar-refractivity contribution in [1.29, 1.82) is 0 Å².